The van der Waals surface area contributed by atoms with E-state index in [2.05, 4.69) is 11.2 Å². The van der Waals surface area contributed by atoms with E-state index < -0.39 is 5.82 Å². The van der Waals surface area contributed by atoms with E-state index in [0.29, 0.717) is 5.56 Å². The molecule has 0 saturated heterocycles. The van der Waals surface area contributed by atoms with Crippen LogP contribution in [0.4, 0.5) is 10.1 Å². The fourth-order valence-corrected chi connectivity index (χ4v) is 2.65. The maximum Gasteiger partial charge on any atom is 0.172 e. The lowest BCUT2D eigenvalue weighted by atomic mass is 10.1. The molecule has 2 aromatic rings. The van der Waals surface area contributed by atoms with Crippen LogP contribution in [0.15, 0.2) is 40.9 Å². The third-order valence-corrected chi connectivity index (χ3v) is 3.96. The molecular formula is C14H16FN3OS. The topological polar surface area (TPSA) is 61.8 Å². The van der Waals surface area contributed by atoms with E-state index in [1.807, 2.05) is 23.4 Å². The number of amidine groups is 1. The summed E-state index contributed by atoms with van der Waals surface area (Å²) >= 11 is 1.70. The predicted octanol–water partition coefficient (Wildman–Crippen LogP) is 2.66. The second-order valence-electron chi connectivity index (χ2n) is 4.40. The molecule has 106 valence electrons. The van der Waals surface area contributed by atoms with Crippen LogP contribution in [0.2, 0.25) is 0 Å². The smallest absolute Gasteiger partial charge is 0.172 e. The number of halogens is 1. The molecule has 0 saturated carbocycles. The van der Waals surface area contributed by atoms with E-state index in [4.69, 9.17) is 10.9 Å². The number of thiophene rings is 1. The summed E-state index contributed by atoms with van der Waals surface area (Å²) in [5.41, 5.74) is 6.73. The van der Waals surface area contributed by atoms with Gasteiger partial charge in [-0.2, -0.15) is 0 Å². The molecule has 0 spiro atoms. The molecule has 0 aliphatic carbocycles. The van der Waals surface area contributed by atoms with Gasteiger partial charge in [0.2, 0.25) is 0 Å². The zero-order valence-corrected chi connectivity index (χ0v) is 11.9. The van der Waals surface area contributed by atoms with Gasteiger partial charge in [-0.15, -0.1) is 11.3 Å². The molecule has 20 heavy (non-hydrogen) atoms. The molecule has 1 aromatic heterocycles. The Balaban J connectivity index is 2.18. The summed E-state index contributed by atoms with van der Waals surface area (Å²) < 4.78 is 13.3. The van der Waals surface area contributed by atoms with Crippen LogP contribution in [0.1, 0.15) is 10.4 Å². The van der Waals surface area contributed by atoms with Crippen LogP contribution in [0.3, 0.4) is 0 Å². The second kappa shape index (κ2) is 6.38. The fraction of sp³-hybridized carbons (Fsp3) is 0.214. The number of anilines is 1. The molecule has 3 N–H and O–H groups in total. The van der Waals surface area contributed by atoms with Crippen LogP contribution >= 0.6 is 11.3 Å². The molecule has 0 fully saturated rings. The monoisotopic (exact) mass is 293 g/mol. The number of hydrogen-bond acceptors (Lipinski definition) is 4. The Morgan fingerprint density at radius 3 is 2.90 bits per heavy atom. The molecule has 0 atom stereocenters. The largest absolute Gasteiger partial charge is 0.409 e. The van der Waals surface area contributed by atoms with Crippen molar-refractivity contribution < 1.29 is 9.60 Å². The van der Waals surface area contributed by atoms with Crippen LogP contribution in [0, 0.1) is 5.82 Å². The number of nitrogens with zero attached hydrogens (tertiary/aromatic N) is 2. The Morgan fingerprint density at radius 1 is 1.45 bits per heavy atom. The van der Waals surface area contributed by atoms with Crippen molar-refractivity contribution in [3.63, 3.8) is 0 Å². The lowest BCUT2D eigenvalue weighted by molar-refractivity contribution is 0.318. The van der Waals surface area contributed by atoms with Crippen LogP contribution in [-0.4, -0.2) is 24.6 Å². The summed E-state index contributed by atoms with van der Waals surface area (Å²) in [4.78, 5) is 3.25. The first-order chi connectivity index (χ1) is 9.61. The number of likely N-dealkylation sites (N-methyl/N-ethyl adjacent to an activating group) is 1. The molecule has 2 rings (SSSR count). The standard InChI is InChI=1S/C14H16FN3OS/c1-18(7-6-11-3-2-8-20-11)13-5-4-10(15)9-12(13)14(16)17-19/h2-5,8-9,19H,6-7H2,1H3,(H2,16,17). The van der Waals surface area contributed by atoms with Gasteiger partial charge in [0.1, 0.15) is 5.82 Å². The highest BCUT2D eigenvalue weighted by Gasteiger charge is 2.12. The van der Waals surface area contributed by atoms with Crippen molar-refractivity contribution >= 4 is 22.9 Å². The van der Waals surface area contributed by atoms with Gasteiger partial charge >= 0.3 is 0 Å². The van der Waals surface area contributed by atoms with Gasteiger partial charge in [-0.05, 0) is 36.1 Å². The van der Waals surface area contributed by atoms with Gasteiger partial charge in [0.15, 0.2) is 5.84 Å². The average molecular weight is 293 g/mol. The first kappa shape index (κ1) is 14.3. The van der Waals surface area contributed by atoms with Crippen molar-refractivity contribution in [2.24, 2.45) is 10.9 Å². The lowest BCUT2D eigenvalue weighted by Gasteiger charge is -2.21. The van der Waals surface area contributed by atoms with Crippen LogP contribution < -0.4 is 10.6 Å². The van der Waals surface area contributed by atoms with Crippen molar-refractivity contribution in [1.82, 2.24) is 0 Å². The van der Waals surface area contributed by atoms with Crippen molar-refractivity contribution in [2.75, 3.05) is 18.5 Å². The molecule has 6 heteroatoms. The number of oxime groups is 1. The van der Waals surface area contributed by atoms with Gasteiger partial charge in [-0.25, -0.2) is 4.39 Å². The first-order valence-corrected chi connectivity index (χ1v) is 7.00. The summed E-state index contributed by atoms with van der Waals surface area (Å²) in [6.45, 7) is 0.762. The van der Waals surface area contributed by atoms with E-state index >= 15 is 0 Å². The Morgan fingerprint density at radius 2 is 2.25 bits per heavy atom. The van der Waals surface area contributed by atoms with E-state index in [-0.39, 0.29) is 5.84 Å². The number of nitrogens with two attached hydrogens (primary N) is 1. The second-order valence-corrected chi connectivity index (χ2v) is 5.43. The third kappa shape index (κ3) is 3.27. The Bertz CT molecular complexity index is 598. The van der Waals surface area contributed by atoms with Crippen molar-refractivity contribution in [2.45, 2.75) is 6.42 Å². The SMILES string of the molecule is CN(CCc1cccs1)c1ccc(F)cc1C(N)=NO. The molecule has 0 aliphatic rings. The van der Waals surface area contributed by atoms with E-state index in [1.54, 1.807) is 17.4 Å². The van der Waals surface area contributed by atoms with Gasteiger partial charge in [-0.3, -0.25) is 0 Å². The van der Waals surface area contributed by atoms with Gasteiger partial charge in [0, 0.05) is 29.7 Å². The first-order valence-electron chi connectivity index (χ1n) is 6.13. The molecule has 0 radical (unpaired) electrons. The van der Waals surface area contributed by atoms with Crippen LogP contribution in [0.25, 0.3) is 0 Å². The fourth-order valence-electron chi connectivity index (χ4n) is 1.95. The number of rotatable bonds is 5. The highest BCUT2D eigenvalue weighted by Crippen LogP contribution is 2.21. The summed E-state index contributed by atoms with van der Waals surface area (Å²) in [7, 11) is 1.90. The normalized spacial score (nSPS) is 11.6. The van der Waals surface area contributed by atoms with Gasteiger partial charge < -0.3 is 15.8 Å². The summed E-state index contributed by atoms with van der Waals surface area (Å²) in [6.07, 6.45) is 0.890. The Hall–Kier alpha value is -2.08. The van der Waals surface area contributed by atoms with Crippen molar-refractivity contribution in [1.29, 1.82) is 0 Å². The molecule has 0 bridgehead atoms. The maximum absolute atomic E-state index is 13.3. The highest BCUT2D eigenvalue weighted by molar-refractivity contribution is 7.09. The zero-order valence-electron chi connectivity index (χ0n) is 11.1. The third-order valence-electron chi connectivity index (χ3n) is 3.03. The van der Waals surface area contributed by atoms with E-state index in [1.165, 1.54) is 17.0 Å². The van der Waals surface area contributed by atoms with Crippen molar-refractivity contribution in [3.8, 4) is 0 Å². The Kier molecular flexibility index (Phi) is 4.57. The average Bonchev–Trinajstić information content (AvgIpc) is 2.97. The van der Waals surface area contributed by atoms with Crippen LogP contribution in [0.5, 0.6) is 0 Å². The zero-order chi connectivity index (χ0) is 14.5. The minimum absolute atomic E-state index is 0.0949. The Labute approximate surface area is 120 Å². The van der Waals surface area contributed by atoms with Gasteiger partial charge in [-0.1, -0.05) is 11.2 Å². The van der Waals surface area contributed by atoms with Crippen LogP contribution in [-0.2, 0) is 6.42 Å². The molecule has 1 aromatic carbocycles. The molecule has 1 heterocycles. The van der Waals surface area contributed by atoms with Crippen molar-refractivity contribution in [3.05, 3.63) is 52.0 Å². The number of benzene rings is 1. The van der Waals surface area contributed by atoms with E-state index in [9.17, 15) is 4.39 Å². The maximum atomic E-state index is 13.3. The molecule has 4 nitrogen and oxygen atoms in total. The quantitative estimate of drug-likeness (QED) is 0.385. The minimum Gasteiger partial charge on any atom is -0.409 e. The number of hydrogen-bond donors (Lipinski definition) is 2. The minimum atomic E-state index is -0.415. The summed E-state index contributed by atoms with van der Waals surface area (Å²) in [5.74, 6) is -0.510. The summed E-state index contributed by atoms with van der Waals surface area (Å²) in [5, 5.41) is 13.8. The van der Waals surface area contributed by atoms with Gasteiger partial charge in [0.05, 0.1) is 0 Å². The van der Waals surface area contributed by atoms with Gasteiger partial charge in [0.25, 0.3) is 0 Å². The predicted molar refractivity (Wildman–Crippen MR) is 80.2 cm³/mol. The summed E-state index contributed by atoms with van der Waals surface area (Å²) in [6, 6.07) is 8.36. The molecule has 0 aliphatic heterocycles. The van der Waals surface area contributed by atoms with E-state index in [0.717, 1.165) is 18.7 Å². The molecular weight excluding hydrogens is 277 g/mol. The molecule has 0 amide bonds. The highest BCUT2D eigenvalue weighted by atomic mass is 32.1. The lowest BCUT2D eigenvalue weighted by Crippen LogP contribution is -2.25. The molecule has 0 unspecified atom stereocenters.